The van der Waals surface area contributed by atoms with Crippen LogP contribution in [-0.4, -0.2) is 15.5 Å². The summed E-state index contributed by atoms with van der Waals surface area (Å²) in [6, 6.07) is 10.3. The second-order valence-corrected chi connectivity index (χ2v) is 5.94. The molecular weight excluding hydrogens is 344 g/mol. The third-order valence-electron chi connectivity index (χ3n) is 3.77. The molecule has 0 aliphatic rings. The summed E-state index contributed by atoms with van der Waals surface area (Å²) in [6.07, 6.45) is 1.50. The highest BCUT2D eigenvalue weighted by Crippen LogP contribution is 2.14. The summed E-state index contributed by atoms with van der Waals surface area (Å²) >= 11 is 5.21. The summed E-state index contributed by atoms with van der Waals surface area (Å²) in [6.45, 7) is 1.92. The van der Waals surface area contributed by atoms with Crippen LogP contribution in [0.4, 0.5) is 8.78 Å². The Balaban J connectivity index is 1.82. The van der Waals surface area contributed by atoms with Gasteiger partial charge in [0.2, 0.25) is 0 Å². The molecule has 0 bridgehead atoms. The van der Waals surface area contributed by atoms with Crippen LogP contribution in [-0.2, 0) is 6.54 Å². The molecule has 3 rings (SSSR count). The van der Waals surface area contributed by atoms with Crippen molar-refractivity contribution in [3.8, 4) is 5.69 Å². The first-order chi connectivity index (χ1) is 12.0. The normalized spacial score (nSPS) is 10.7. The zero-order valence-corrected chi connectivity index (χ0v) is 14.2. The zero-order valence-electron chi connectivity index (χ0n) is 13.3. The molecule has 25 heavy (non-hydrogen) atoms. The summed E-state index contributed by atoms with van der Waals surface area (Å²) < 4.78 is 28.3. The van der Waals surface area contributed by atoms with E-state index in [1.165, 1.54) is 29.0 Å². The average Bonchev–Trinajstić information content (AvgIpc) is 2.98. The number of halogens is 2. The molecule has 0 saturated carbocycles. The van der Waals surface area contributed by atoms with Gasteiger partial charge in [0.1, 0.15) is 17.3 Å². The maximum absolute atomic E-state index is 13.3. The van der Waals surface area contributed by atoms with E-state index in [4.69, 9.17) is 12.2 Å². The van der Waals surface area contributed by atoms with Crippen molar-refractivity contribution in [3.63, 3.8) is 0 Å². The zero-order chi connectivity index (χ0) is 18.0. The second kappa shape index (κ2) is 6.98. The Morgan fingerprint density at radius 1 is 1.20 bits per heavy atom. The first-order valence-corrected chi connectivity index (χ1v) is 7.96. The Morgan fingerprint density at radius 3 is 2.60 bits per heavy atom. The van der Waals surface area contributed by atoms with E-state index >= 15 is 0 Å². The summed E-state index contributed by atoms with van der Waals surface area (Å²) in [4.78, 5) is 15.3. The molecule has 0 spiro atoms. The number of hydrogen-bond acceptors (Lipinski definition) is 2. The molecule has 0 saturated heterocycles. The Morgan fingerprint density at radius 2 is 1.92 bits per heavy atom. The predicted molar refractivity (Wildman–Crippen MR) is 93.2 cm³/mol. The number of imidazole rings is 1. The largest absolute Gasteiger partial charge is 0.347 e. The van der Waals surface area contributed by atoms with Crippen LogP contribution in [0.25, 0.3) is 5.69 Å². The quantitative estimate of drug-likeness (QED) is 0.691. The van der Waals surface area contributed by atoms with E-state index in [9.17, 15) is 13.6 Å². The molecule has 0 unspecified atom stereocenters. The molecular formula is C18H15F2N3OS. The highest BCUT2D eigenvalue weighted by atomic mass is 32.1. The fourth-order valence-electron chi connectivity index (χ4n) is 2.47. The molecule has 0 atom stereocenters. The standard InChI is InChI=1S/C18H15F2N3OS/c1-11-8-12(2-7-15(11)20)9-21-17(24)16-10-22-18(25)23(16)14-5-3-13(19)4-6-14/h2-8,10H,9H2,1H3,(H,21,24)(H,22,25). The van der Waals surface area contributed by atoms with Gasteiger partial charge in [0.05, 0.1) is 0 Å². The lowest BCUT2D eigenvalue weighted by Gasteiger charge is -2.10. The minimum Gasteiger partial charge on any atom is -0.347 e. The summed E-state index contributed by atoms with van der Waals surface area (Å²) in [5, 5.41) is 2.77. The minimum absolute atomic E-state index is 0.251. The number of H-pyrrole nitrogens is 1. The van der Waals surface area contributed by atoms with E-state index in [1.54, 1.807) is 31.2 Å². The number of hydrogen-bond donors (Lipinski definition) is 2. The fraction of sp³-hybridized carbons (Fsp3) is 0.111. The number of nitrogens with one attached hydrogen (secondary N) is 2. The molecule has 3 aromatic rings. The number of aryl methyl sites for hydroxylation is 1. The molecule has 128 valence electrons. The third-order valence-corrected chi connectivity index (χ3v) is 4.07. The maximum atomic E-state index is 13.3. The number of aromatic amines is 1. The smallest absolute Gasteiger partial charge is 0.270 e. The van der Waals surface area contributed by atoms with Crippen molar-refractivity contribution in [2.45, 2.75) is 13.5 Å². The topological polar surface area (TPSA) is 49.8 Å². The van der Waals surface area contributed by atoms with Gasteiger partial charge in [-0.2, -0.15) is 0 Å². The average molecular weight is 359 g/mol. The van der Waals surface area contributed by atoms with Gasteiger partial charge in [-0.05, 0) is 60.6 Å². The van der Waals surface area contributed by atoms with Gasteiger partial charge >= 0.3 is 0 Å². The molecule has 0 radical (unpaired) electrons. The van der Waals surface area contributed by atoms with E-state index in [2.05, 4.69) is 10.3 Å². The van der Waals surface area contributed by atoms with Gasteiger partial charge in [0.15, 0.2) is 4.77 Å². The molecule has 0 aliphatic heterocycles. The van der Waals surface area contributed by atoms with Crippen molar-refractivity contribution in [3.05, 3.63) is 81.9 Å². The van der Waals surface area contributed by atoms with E-state index in [-0.39, 0.29) is 24.1 Å². The number of aromatic nitrogens is 2. The summed E-state index contributed by atoms with van der Waals surface area (Å²) in [7, 11) is 0. The van der Waals surface area contributed by atoms with Crippen molar-refractivity contribution in [1.82, 2.24) is 14.9 Å². The Bertz CT molecular complexity index is 977. The van der Waals surface area contributed by atoms with E-state index in [0.29, 0.717) is 21.7 Å². The highest BCUT2D eigenvalue weighted by molar-refractivity contribution is 7.71. The molecule has 4 nitrogen and oxygen atoms in total. The van der Waals surface area contributed by atoms with Crippen LogP contribution in [0.2, 0.25) is 0 Å². The van der Waals surface area contributed by atoms with Gasteiger partial charge in [-0.3, -0.25) is 9.36 Å². The number of benzene rings is 2. The Hall–Kier alpha value is -2.80. The van der Waals surface area contributed by atoms with Crippen molar-refractivity contribution in [2.75, 3.05) is 0 Å². The highest BCUT2D eigenvalue weighted by Gasteiger charge is 2.14. The molecule has 7 heteroatoms. The molecule has 1 aromatic heterocycles. The van der Waals surface area contributed by atoms with Crippen LogP contribution in [0.15, 0.2) is 48.7 Å². The second-order valence-electron chi connectivity index (χ2n) is 5.56. The minimum atomic E-state index is -0.372. The van der Waals surface area contributed by atoms with Gasteiger partial charge in [-0.15, -0.1) is 0 Å². The number of carbonyl (C=O) groups is 1. The maximum Gasteiger partial charge on any atom is 0.270 e. The number of amides is 1. The SMILES string of the molecule is Cc1cc(CNC(=O)c2c[nH]c(=S)n2-c2ccc(F)cc2)ccc1F. The van der Waals surface area contributed by atoms with Crippen molar-refractivity contribution >= 4 is 18.1 Å². The van der Waals surface area contributed by atoms with Gasteiger partial charge < -0.3 is 10.3 Å². The third kappa shape index (κ3) is 3.66. The lowest BCUT2D eigenvalue weighted by molar-refractivity contribution is 0.0944. The molecule has 1 heterocycles. The van der Waals surface area contributed by atoms with Crippen LogP contribution in [0.3, 0.4) is 0 Å². The van der Waals surface area contributed by atoms with E-state index in [1.807, 2.05) is 0 Å². The van der Waals surface area contributed by atoms with Crippen LogP contribution < -0.4 is 5.32 Å². The van der Waals surface area contributed by atoms with Gasteiger partial charge in [0, 0.05) is 18.4 Å². The molecule has 2 N–H and O–H groups in total. The lowest BCUT2D eigenvalue weighted by Crippen LogP contribution is -2.25. The summed E-state index contributed by atoms with van der Waals surface area (Å²) in [5.41, 5.74) is 2.18. The van der Waals surface area contributed by atoms with E-state index in [0.717, 1.165) is 5.56 Å². The Kier molecular flexibility index (Phi) is 4.76. The predicted octanol–water partition coefficient (Wildman–Crippen LogP) is 4.05. The van der Waals surface area contributed by atoms with Crippen molar-refractivity contribution < 1.29 is 13.6 Å². The van der Waals surface area contributed by atoms with Gasteiger partial charge in [0.25, 0.3) is 5.91 Å². The molecule has 0 fully saturated rings. The fourth-order valence-corrected chi connectivity index (χ4v) is 2.73. The molecule has 2 aromatic carbocycles. The van der Waals surface area contributed by atoms with Crippen molar-refractivity contribution in [1.29, 1.82) is 0 Å². The number of carbonyl (C=O) groups excluding carboxylic acids is 1. The van der Waals surface area contributed by atoms with Gasteiger partial charge in [-0.1, -0.05) is 12.1 Å². The van der Waals surface area contributed by atoms with Crippen LogP contribution in [0.1, 0.15) is 21.6 Å². The number of rotatable bonds is 4. The lowest BCUT2D eigenvalue weighted by atomic mass is 10.1. The van der Waals surface area contributed by atoms with Gasteiger partial charge in [-0.25, -0.2) is 8.78 Å². The molecule has 1 amide bonds. The van der Waals surface area contributed by atoms with Crippen molar-refractivity contribution in [2.24, 2.45) is 0 Å². The monoisotopic (exact) mass is 359 g/mol. The van der Waals surface area contributed by atoms with Crippen LogP contribution in [0.5, 0.6) is 0 Å². The Labute approximate surface area is 148 Å². The molecule has 0 aliphatic carbocycles. The first-order valence-electron chi connectivity index (χ1n) is 7.55. The van der Waals surface area contributed by atoms with E-state index < -0.39 is 0 Å². The van der Waals surface area contributed by atoms with Crippen LogP contribution in [0, 0.1) is 23.3 Å². The number of nitrogens with zero attached hydrogens (tertiary/aromatic N) is 1. The first kappa shape index (κ1) is 17.0. The summed E-state index contributed by atoms with van der Waals surface area (Å²) in [5.74, 6) is -1.01. The van der Waals surface area contributed by atoms with Crippen LogP contribution >= 0.6 is 12.2 Å².